The fourth-order valence-electron chi connectivity index (χ4n) is 9.85. The number of nitrogens with zero attached hydrogens (tertiary/aromatic N) is 2. The van der Waals surface area contributed by atoms with Gasteiger partial charge in [0.05, 0.1) is 11.0 Å². The van der Waals surface area contributed by atoms with Crippen LogP contribution in [0.25, 0.3) is 82.8 Å². The minimum absolute atomic E-state index is 0.113. The van der Waals surface area contributed by atoms with Crippen LogP contribution in [0.5, 0.6) is 0 Å². The van der Waals surface area contributed by atoms with Crippen LogP contribution in [-0.4, -0.2) is 4.57 Å². The number of hydrogen-bond acceptors (Lipinski definition) is 2. The number of aromatic nitrogens is 1. The summed E-state index contributed by atoms with van der Waals surface area (Å²) in [5, 5.41) is 4.82. The van der Waals surface area contributed by atoms with Crippen molar-refractivity contribution in [1.82, 2.24) is 4.57 Å². The van der Waals surface area contributed by atoms with Crippen molar-refractivity contribution in [3.63, 3.8) is 0 Å². The minimum atomic E-state index is -0.113. The number of furan rings is 1. The van der Waals surface area contributed by atoms with Gasteiger partial charge < -0.3 is 13.9 Å². The van der Waals surface area contributed by atoms with Gasteiger partial charge in [-0.05, 0) is 106 Å². The number of benzene rings is 9. The van der Waals surface area contributed by atoms with Gasteiger partial charge in [0.2, 0.25) is 0 Å². The van der Waals surface area contributed by atoms with Crippen LogP contribution in [0.1, 0.15) is 25.0 Å². The highest BCUT2D eigenvalue weighted by Gasteiger charge is 2.35. The first-order valence-corrected chi connectivity index (χ1v) is 20.8. The molecule has 1 aliphatic carbocycles. The van der Waals surface area contributed by atoms with Gasteiger partial charge in [-0.1, -0.05) is 153 Å². The van der Waals surface area contributed by atoms with Crippen molar-refractivity contribution < 1.29 is 4.42 Å². The molecule has 0 spiro atoms. The highest BCUT2D eigenvalue weighted by atomic mass is 16.3. The molecular weight excluding hydrogens is 729 g/mol. The van der Waals surface area contributed by atoms with Gasteiger partial charge in [0.15, 0.2) is 0 Å². The molecule has 3 heteroatoms. The molecule has 0 saturated heterocycles. The SMILES string of the molecule is CC1(C)c2ccccc2-c2ccc(N(c3ccc(-c4ccc(-n5c6ccccc6c6ccccc65)cc4)cc3)c3ccc(-c4cccc5c4oc4ccccc45)cc3)cc21. The van der Waals surface area contributed by atoms with E-state index in [1.54, 1.807) is 0 Å². The van der Waals surface area contributed by atoms with Gasteiger partial charge in [-0.15, -0.1) is 0 Å². The molecule has 2 aromatic heterocycles. The molecule has 0 amide bonds. The zero-order valence-electron chi connectivity index (χ0n) is 33.4. The minimum Gasteiger partial charge on any atom is -0.455 e. The van der Waals surface area contributed by atoms with Crippen LogP contribution in [0.3, 0.4) is 0 Å². The van der Waals surface area contributed by atoms with E-state index in [9.17, 15) is 0 Å². The Hall–Kier alpha value is -7.62. The van der Waals surface area contributed by atoms with Crippen LogP contribution in [0, 0.1) is 0 Å². The lowest BCUT2D eigenvalue weighted by Gasteiger charge is -2.28. The third-order valence-corrected chi connectivity index (χ3v) is 12.8. The van der Waals surface area contributed by atoms with E-state index >= 15 is 0 Å². The van der Waals surface area contributed by atoms with Crippen LogP contribution < -0.4 is 4.90 Å². The lowest BCUT2D eigenvalue weighted by Crippen LogP contribution is -2.16. The number of anilines is 3. The molecule has 0 radical (unpaired) electrons. The van der Waals surface area contributed by atoms with E-state index in [-0.39, 0.29) is 5.41 Å². The maximum atomic E-state index is 6.44. The van der Waals surface area contributed by atoms with Crippen molar-refractivity contribution in [2.24, 2.45) is 0 Å². The second-order valence-corrected chi connectivity index (χ2v) is 16.5. The van der Waals surface area contributed by atoms with Crippen LogP contribution >= 0.6 is 0 Å². The van der Waals surface area contributed by atoms with Gasteiger partial charge in [-0.3, -0.25) is 0 Å². The van der Waals surface area contributed by atoms with E-state index in [0.29, 0.717) is 0 Å². The number of fused-ring (bicyclic) bond motifs is 9. The monoisotopic (exact) mass is 768 g/mol. The second-order valence-electron chi connectivity index (χ2n) is 16.5. The molecule has 0 fully saturated rings. The predicted octanol–water partition coefficient (Wildman–Crippen LogP) is 15.8. The highest BCUT2D eigenvalue weighted by molar-refractivity contribution is 6.10. The van der Waals surface area contributed by atoms with Crippen LogP contribution in [0.4, 0.5) is 17.1 Å². The first-order chi connectivity index (χ1) is 29.5. The van der Waals surface area contributed by atoms with E-state index in [1.807, 2.05) is 12.1 Å². The molecular formula is C57H40N2O. The fraction of sp³-hybridized carbons (Fsp3) is 0.0526. The third-order valence-electron chi connectivity index (χ3n) is 12.8. The van der Waals surface area contributed by atoms with Crippen molar-refractivity contribution in [2.45, 2.75) is 19.3 Å². The standard InChI is InChI=1S/C57H40N2O/c1-57(2)51-18-7-3-12-45(51)46-35-34-43(36-52(46)57)58(41-32-26-39(27-33-41)44-16-11-17-50-49-15-6-10-21-55(49)60-56(44)50)40-28-22-37(23-29-40)38-24-30-42(31-25-38)59-53-19-8-4-13-47(53)48-14-5-9-20-54(48)59/h3-36H,1-2H3. The smallest absolute Gasteiger partial charge is 0.143 e. The van der Waals surface area contributed by atoms with E-state index in [1.165, 1.54) is 55.2 Å². The van der Waals surface area contributed by atoms with Crippen LogP contribution in [0.15, 0.2) is 211 Å². The average Bonchev–Trinajstić information content (AvgIpc) is 3.93. The average molecular weight is 769 g/mol. The molecule has 0 N–H and O–H groups in total. The second kappa shape index (κ2) is 13.2. The van der Waals surface area contributed by atoms with E-state index < -0.39 is 0 Å². The van der Waals surface area contributed by atoms with Gasteiger partial charge in [0, 0.05) is 55.3 Å². The first-order valence-electron chi connectivity index (χ1n) is 20.8. The molecule has 11 aromatic rings. The van der Waals surface area contributed by atoms with Gasteiger partial charge in [-0.25, -0.2) is 0 Å². The number of para-hydroxylation sites is 4. The summed E-state index contributed by atoms with van der Waals surface area (Å²) >= 11 is 0. The van der Waals surface area contributed by atoms with E-state index in [0.717, 1.165) is 55.8 Å². The molecule has 2 heterocycles. The maximum Gasteiger partial charge on any atom is 0.143 e. The molecule has 1 aliphatic rings. The number of hydrogen-bond donors (Lipinski definition) is 0. The molecule has 0 bridgehead atoms. The lowest BCUT2D eigenvalue weighted by atomic mass is 9.82. The van der Waals surface area contributed by atoms with Crippen molar-refractivity contribution in [1.29, 1.82) is 0 Å². The summed E-state index contributed by atoms with van der Waals surface area (Å²) in [5.41, 5.74) is 18.5. The van der Waals surface area contributed by atoms with Crippen molar-refractivity contribution in [3.05, 3.63) is 217 Å². The van der Waals surface area contributed by atoms with Gasteiger partial charge >= 0.3 is 0 Å². The van der Waals surface area contributed by atoms with Gasteiger partial charge in [0.25, 0.3) is 0 Å². The topological polar surface area (TPSA) is 21.3 Å². The molecule has 284 valence electrons. The Balaban J connectivity index is 0.931. The molecule has 12 rings (SSSR count). The quantitative estimate of drug-likeness (QED) is 0.168. The normalized spacial score (nSPS) is 13.0. The van der Waals surface area contributed by atoms with Crippen molar-refractivity contribution in [2.75, 3.05) is 4.90 Å². The molecule has 60 heavy (non-hydrogen) atoms. The van der Waals surface area contributed by atoms with Gasteiger partial charge in [0.1, 0.15) is 11.2 Å². The third kappa shape index (κ3) is 5.22. The summed E-state index contributed by atoms with van der Waals surface area (Å²) in [5.74, 6) is 0. The zero-order valence-corrected chi connectivity index (χ0v) is 33.4. The lowest BCUT2D eigenvalue weighted by molar-refractivity contribution is 0.660. The summed E-state index contributed by atoms with van der Waals surface area (Å²) in [7, 11) is 0. The Labute approximate surface area is 349 Å². The maximum absolute atomic E-state index is 6.44. The Morgan fingerprint density at radius 1 is 0.400 bits per heavy atom. The Morgan fingerprint density at radius 3 is 1.62 bits per heavy atom. The fourth-order valence-corrected chi connectivity index (χ4v) is 9.85. The summed E-state index contributed by atoms with van der Waals surface area (Å²) in [4.78, 5) is 2.39. The summed E-state index contributed by atoms with van der Waals surface area (Å²) in [6.45, 7) is 4.70. The molecule has 3 nitrogen and oxygen atoms in total. The van der Waals surface area contributed by atoms with Crippen molar-refractivity contribution >= 4 is 60.8 Å². The van der Waals surface area contributed by atoms with Gasteiger partial charge in [-0.2, -0.15) is 0 Å². The molecule has 0 aliphatic heterocycles. The molecule has 0 atom stereocenters. The summed E-state index contributed by atoms with van der Waals surface area (Å²) in [6, 6.07) is 74.8. The summed E-state index contributed by atoms with van der Waals surface area (Å²) < 4.78 is 8.81. The van der Waals surface area contributed by atoms with Crippen molar-refractivity contribution in [3.8, 4) is 39.1 Å². The molecule has 0 saturated carbocycles. The Bertz CT molecular complexity index is 3390. The largest absolute Gasteiger partial charge is 0.455 e. The van der Waals surface area contributed by atoms with Crippen LogP contribution in [0.2, 0.25) is 0 Å². The van der Waals surface area contributed by atoms with Crippen LogP contribution in [-0.2, 0) is 5.41 Å². The Morgan fingerprint density at radius 2 is 0.917 bits per heavy atom. The zero-order chi connectivity index (χ0) is 40.0. The summed E-state index contributed by atoms with van der Waals surface area (Å²) in [6.07, 6.45) is 0. The number of rotatable bonds is 6. The Kier molecular flexibility index (Phi) is 7.58. The molecule has 0 unspecified atom stereocenters. The first kappa shape index (κ1) is 34.4. The highest BCUT2D eigenvalue weighted by Crippen LogP contribution is 2.51. The predicted molar refractivity (Wildman–Crippen MR) is 251 cm³/mol. The van der Waals surface area contributed by atoms with E-state index in [2.05, 4.69) is 217 Å². The van der Waals surface area contributed by atoms with E-state index in [4.69, 9.17) is 4.42 Å². The molecule has 9 aromatic carbocycles.